The molecule has 2 heterocycles. The van der Waals surface area contributed by atoms with Crippen molar-refractivity contribution in [3.05, 3.63) is 29.0 Å². The van der Waals surface area contributed by atoms with Gasteiger partial charge in [-0.3, -0.25) is 0 Å². The van der Waals surface area contributed by atoms with E-state index >= 15 is 0 Å². The fourth-order valence-corrected chi connectivity index (χ4v) is 3.57. The van der Waals surface area contributed by atoms with Gasteiger partial charge in [-0.2, -0.15) is 0 Å². The number of hydrogen-bond donors (Lipinski definition) is 1. The van der Waals surface area contributed by atoms with E-state index in [0.717, 1.165) is 23.5 Å². The van der Waals surface area contributed by atoms with Gasteiger partial charge in [0.05, 0.1) is 16.6 Å². The van der Waals surface area contributed by atoms with E-state index in [1.165, 1.54) is 37.0 Å². The first-order chi connectivity index (χ1) is 9.67. The molecule has 0 radical (unpaired) electrons. The predicted molar refractivity (Wildman–Crippen MR) is 82.2 cm³/mol. The van der Waals surface area contributed by atoms with E-state index in [2.05, 4.69) is 22.9 Å². The molecule has 1 saturated carbocycles. The smallest absolute Gasteiger partial charge is 0.130 e. The molecule has 2 aromatic rings. The van der Waals surface area contributed by atoms with E-state index in [-0.39, 0.29) is 5.54 Å². The number of hydrogen-bond acceptors (Lipinski definition) is 2. The van der Waals surface area contributed by atoms with Crippen molar-refractivity contribution < 1.29 is 0 Å². The summed E-state index contributed by atoms with van der Waals surface area (Å²) >= 11 is 6.19. The summed E-state index contributed by atoms with van der Waals surface area (Å²) in [5.41, 5.74) is 2.28. The van der Waals surface area contributed by atoms with Crippen molar-refractivity contribution in [2.45, 2.75) is 50.6 Å². The summed E-state index contributed by atoms with van der Waals surface area (Å²) in [6, 6.07) is 6.67. The van der Waals surface area contributed by atoms with Crippen LogP contribution in [0.25, 0.3) is 11.0 Å². The normalized spacial score (nSPS) is 27.1. The van der Waals surface area contributed by atoms with E-state index in [1.807, 2.05) is 12.1 Å². The van der Waals surface area contributed by atoms with Gasteiger partial charge in [-0.1, -0.05) is 11.6 Å². The topological polar surface area (TPSA) is 29.9 Å². The average Bonchev–Trinajstić information content (AvgIpc) is 3.20. The van der Waals surface area contributed by atoms with Gasteiger partial charge in [0.25, 0.3) is 0 Å². The van der Waals surface area contributed by atoms with Gasteiger partial charge in [0.15, 0.2) is 0 Å². The molecule has 1 saturated heterocycles. The Morgan fingerprint density at radius 3 is 2.90 bits per heavy atom. The molecule has 0 bridgehead atoms. The minimum atomic E-state index is 0.00629. The van der Waals surface area contributed by atoms with E-state index in [1.54, 1.807) is 0 Å². The Morgan fingerprint density at radius 2 is 2.20 bits per heavy atom. The predicted octanol–water partition coefficient (Wildman–Crippen LogP) is 4.01. The maximum atomic E-state index is 6.19. The van der Waals surface area contributed by atoms with Crippen LogP contribution in [0, 0.1) is 0 Å². The Balaban J connectivity index is 1.91. The van der Waals surface area contributed by atoms with E-state index in [0.29, 0.717) is 6.04 Å². The molecule has 2 aliphatic rings. The first-order valence-corrected chi connectivity index (χ1v) is 7.98. The zero-order valence-electron chi connectivity index (χ0n) is 11.8. The lowest BCUT2D eigenvalue weighted by Gasteiger charge is -2.34. The lowest BCUT2D eigenvalue weighted by molar-refractivity contribution is 0.261. The summed E-state index contributed by atoms with van der Waals surface area (Å²) in [6.45, 7) is 3.39. The van der Waals surface area contributed by atoms with Crippen LogP contribution in [0.4, 0.5) is 0 Å². The number of benzene rings is 1. The van der Waals surface area contributed by atoms with E-state index in [9.17, 15) is 0 Å². The van der Waals surface area contributed by atoms with Crippen LogP contribution in [0.15, 0.2) is 18.2 Å². The zero-order valence-corrected chi connectivity index (χ0v) is 12.6. The third-order valence-corrected chi connectivity index (χ3v) is 4.91. The highest BCUT2D eigenvalue weighted by Crippen LogP contribution is 2.42. The van der Waals surface area contributed by atoms with Crippen molar-refractivity contribution in [3.8, 4) is 0 Å². The Bertz CT molecular complexity index is 651. The molecule has 1 aliphatic carbocycles. The molecule has 3 nitrogen and oxygen atoms in total. The van der Waals surface area contributed by atoms with Crippen LogP contribution in [0.3, 0.4) is 0 Å². The van der Waals surface area contributed by atoms with Crippen LogP contribution >= 0.6 is 11.6 Å². The van der Waals surface area contributed by atoms with Crippen LogP contribution < -0.4 is 5.32 Å². The molecule has 1 atom stereocenters. The molecular weight excluding hydrogens is 270 g/mol. The summed E-state index contributed by atoms with van der Waals surface area (Å²) in [4.78, 5) is 4.95. The highest BCUT2D eigenvalue weighted by molar-refractivity contribution is 6.31. The Kier molecular flexibility index (Phi) is 2.83. The van der Waals surface area contributed by atoms with Crippen LogP contribution in [0.2, 0.25) is 5.02 Å². The largest absolute Gasteiger partial charge is 0.323 e. The van der Waals surface area contributed by atoms with Gasteiger partial charge in [-0.05, 0) is 63.8 Å². The van der Waals surface area contributed by atoms with Crippen molar-refractivity contribution in [3.63, 3.8) is 0 Å². The lowest BCUT2D eigenvalue weighted by Crippen LogP contribution is -2.45. The standard InChI is InChI=1S/C16H20ClN3/c1-16(8-2-3-9-18-16)15-19-13-7-4-11(17)10-14(13)20(15)12-5-6-12/h4,7,10,12,18H,2-3,5-6,8-9H2,1H3. The van der Waals surface area contributed by atoms with Crippen LogP contribution in [-0.2, 0) is 5.54 Å². The number of aromatic nitrogens is 2. The fourth-order valence-electron chi connectivity index (χ4n) is 3.40. The minimum Gasteiger partial charge on any atom is -0.323 e. The van der Waals surface area contributed by atoms with Gasteiger partial charge in [0.1, 0.15) is 5.82 Å². The minimum absolute atomic E-state index is 0.00629. The molecule has 20 heavy (non-hydrogen) atoms. The number of nitrogens with zero attached hydrogens (tertiary/aromatic N) is 2. The van der Waals surface area contributed by atoms with Crippen molar-refractivity contribution >= 4 is 22.6 Å². The number of halogens is 1. The number of nitrogens with one attached hydrogen (secondary N) is 1. The lowest BCUT2D eigenvalue weighted by atomic mass is 9.90. The number of rotatable bonds is 2. The molecule has 1 aromatic heterocycles. The van der Waals surface area contributed by atoms with Gasteiger partial charge in [0.2, 0.25) is 0 Å². The first kappa shape index (κ1) is 12.7. The number of fused-ring (bicyclic) bond motifs is 1. The summed E-state index contributed by atoms with van der Waals surface area (Å²) in [5, 5.41) is 4.49. The maximum Gasteiger partial charge on any atom is 0.130 e. The quantitative estimate of drug-likeness (QED) is 0.905. The number of piperidine rings is 1. The fraction of sp³-hybridized carbons (Fsp3) is 0.562. The Labute approximate surface area is 124 Å². The highest BCUT2D eigenvalue weighted by Gasteiger charge is 2.37. The van der Waals surface area contributed by atoms with Gasteiger partial charge in [0, 0.05) is 11.1 Å². The Morgan fingerprint density at radius 1 is 1.35 bits per heavy atom. The molecule has 4 rings (SSSR count). The van der Waals surface area contributed by atoms with E-state index < -0.39 is 0 Å². The molecule has 1 unspecified atom stereocenters. The van der Waals surface area contributed by atoms with Crippen molar-refractivity contribution in [2.75, 3.05) is 6.54 Å². The molecule has 0 amide bonds. The van der Waals surface area contributed by atoms with Gasteiger partial charge >= 0.3 is 0 Å². The van der Waals surface area contributed by atoms with Gasteiger partial charge < -0.3 is 9.88 Å². The van der Waals surface area contributed by atoms with Crippen LogP contribution in [0.5, 0.6) is 0 Å². The maximum absolute atomic E-state index is 6.19. The molecular formula is C16H20ClN3. The second-order valence-electron chi connectivity index (χ2n) is 6.39. The third kappa shape index (κ3) is 1.95. The zero-order chi connectivity index (χ0) is 13.7. The molecule has 106 valence electrons. The Hall–Kier alpha value is -1.06. The SMILES string of the molecule is CC1(c2nc3ccc(Cl)cc3n2C2CC2)CCCCN1. The molecule has 1 aliphatic heterocycles. The number of imidazole rings is 1. The molecule has 1 N–H and O–H groups in total. The second-order valence-corrected chi connectivity index (χ2v) is 6.82. The second kappa shape index (κ2) is 4.47. The summed E-state index contributed by atoms with van der Waals surface area (Å²) in [5.74, 6) is 1.21. The summed E-state index contributed by atoms with van der Waals surface area (Å²) in [6.07, 6.45) is 6.24. The molecule has 1 aromatic carbocycles. The van der Waals surface area contributed by atoms with Crippen LogP contribution in [0.1, 0.15) is 50.9 Å². The summed E-state index contributed by atoms with van der Waals surface area (Å²) in [7, 11) is 0. The van der Waals surface area contributed by atoms with Gasteiger partial charge in [-0.25, -0.2) is 4.98 Å². The van der Waals surface area contributed by atoms with Crippen molar-refractivity contribution in [1.82, 2.24) is 14.9 Å². The molecule has 2 fully saturated rings. The monoisotopic (exact) mass is 289 g/mol. The average molecular weight is 290 g/mol. The van der Waals surface area contributed by atoms with Crippen LogP contribution in [-0.4, -0.2) is 16.1 Å². The summed E-state index contributed by atoms with van der Waals surface area (Å²) < 4.78 is 2.44. The molecule has 0 spiro atoms. The highest BCUT2D eigenvalue weighted by atomic mass is 35.5. The van der Waals surface area contributed by atoms with Gasteiger partial charge in [-0.15, -0.1) is 0 Å². The third-order valence-electron chi connectivity index (χ3n) is 4.68. The first-order valence-electron chi connectivity index (χ1n) is 7.60. The van der Waals surface area contributed by atoms with E-state index in [4.69, 9.17) is 16.6 Å². The molecule has 4 heteroatoms. The van der Waals surface area contributed by atoms with Crippen molar-refractivity contribution in [2.24, 2.45) is 0 Å². The van der Waals surface area contributed by atoms with Crippen molar-refractivity contribution in [1.29, 1.82) is 0 Å².